The maximum absolute atomic E-state index is 4.51. The van der Waals surface area contributed by atoms with Gasteiger partial charge in [0.15, 0.2) is 0 Å². The minimum absolute atomic E-state index is 0. The predicted molar refractivity (Wildman–Crippen MR) is 105 cm³/mol. The molecule has 1 aromatic heterocycles. The summed E-state index contributed by atoms with van der Waals surface area (Å²) in [7, 11) is 0. The van der Waals surface area contributed by atoms with Gasteiger partial charge in [0, 0.05) is 38.2 Å². The molecule has 1 heterocycles. The third kappa shape index (κ3) is 5.16. The second kappa shape index (κ2) is 10.4. The molecule has 0 amide bonds. The van der Waals surface area contributed by atoms with Crippen molar-refractivity contribution < 1.29 is 20.1 Å². The molecular weight excluding hydrogens is 496 g/mol. The van der Waals surface area contributed by atoms with Crippen molar-refractivity contribution in [3.05, 3.63) is 72.6 Å². The summed E-state index contributed by atoms with van der Waals surface area (Å²) in [6.07, 6.45) is 10.3. The fraction of sp³-hybridized carbons (Fsp3) is 0.348. The van der Waals surface area contributed by atoms with Crippen LogP contribution in [0.15, 0.2) is 60.9 Å². The first kappa shape index (κ1) is 20.6. The Labute approximate surface area is 171 Å². The number of rotatable bonds is 8. The summed E-state index contributed by atoms with van der Waals surface area (Å²) in [5.74, 6) is 1.73. The van der Waals surface area contributed by atoms with E-state index >= 15 is 0 Å². The molecule has 0 saturated carbocycles. The molecule has 0 aliphatic rings. The van der Waals surface area contributed by atoms with Gasteiger partial charge in [-0.3, -0.25) is 4.98 Å². The number of unbranched alkanes of at least 4 members (excludes halogenated alkanes) is 1. The van der Waals surface area contributed by atoms with E-state index in [0.29, 0.717) is 0 Å². The van der Waals surface area contributed by atoms with Crippen LogP contribution >= 0.6 is 0 Å². The Balaban J connectivity index is 0.00000243. The van der Waals surface area contributed by atoms with Crippen LogP contribution in [0.4, 0.5) is 0 Å². The fourth-order valence-electron chi connectivity index (χ4n) is 3.31. The molecule has 0 aliphatic carbocycles. The molecule has 0 bridgehead atoms. The van der Waals surface area contributed by atoms with E-state index in [1.807, 2.05) is 36.7 Å². The van der Waals surface area contributed by atoms with Gasteiger partial charge < -0.3 is 4.57 Å². The van der Waals surface area contributed by atoms with Crippen molar-refractivity contribution >= 4 is 0 Å². The standard InChI is InChI=1S/C23H27N2.Ir/c1-3-5-9-19(4-2)18-20-12-14-22(15-13-20)25-17-16-24-23(25)21-10-7-6-8-11-21;/h6-8,10,12-17,19H,3-5,9,18H2,1-2H3;/q-1;. The van der Waals surface area contributed by atoms with Crippen LogP contribution < -0.4 is 0 Å². The van der Waals surface area contributed by atoms with Gasteiger partial charge >= 0.3 is 0 Å². The molecule has 3 heteroatoms. The van der Waals surface area contributed by atoms with E-state index < -0.39 is 0 Å². The largest absolute Gasteiger partial charge is 0.340 e. The van der Waals surface area contributed by atoms with Gasteiger partial charge in [-0.1, -0.05) is 51.7 Å². The van der Waals surface area contributed by atoms with Crippen LogP contribution in [0.3, 0.4) is 0 Å². The van der Waals surface area contributed by atoms with Crippen LogP contribution in [-0.4, -0.2) is 9.55 Å². The van der Waals surface area contributed by atoms with E-state index in [1.54, 1.807) is 0 Å². The van der Waals surface area contributed by atoms with Crippen LogP contribution in [0, 0.1) is 12.0 Å². The molecule has 0 spiro atoms. The average molecular weight is 524 g/mol. The maximum Gasteiger partial charge on any atom is 0.0602 e. The molecule has 26 heavy (non-hydrogen) atoms. The van der Waals surface area contributed by atoms with Gasteiger partial charge in [-0.25, -0.2) is 0 Å². The van der Waals surface area contributed by atoms with Crippen LogP contribution in [0.5, 0.6) is 0 Å². The minimum atomic E-state index is 0. The van der Waals surface area contributed by atoms with Crippen molar-refractivity contribution in [2.75, 3.05) is 0 Å². The van der Waals surface area contributed by atoms with Crippen molar-refractivity contribution in [3.63, 3.8) is 0 Å². The van der Waals surface area contributed by atoms with E-state index in [0.717, 1.165) is 23.0 Å². The van der Waals surface area contributed by atoms with E-state index in [-0.39, 0.29) is 20.1 Å². The van der Waals surface area contributed by atoms with E-state index in [9.17, 15) is 0 Å². The van der Waals surface area contributed by atoms with E-state index in [2.05, 4.69) is 53.7 Å². The summed E-state index contributed by atoms with van der Waals surface area (Å²) in [5, 5.41) is 0. The smallest absolute Gasteiger partial charge is 0.0602 e. The minimum Gasteiger partial charge on any atom is -0.340 e. The molecule has 0 saturated heterocycles. The Morgan fingerprint density at radius 3 is 2.54 bits per heavy atom. The third-order valence-corrected chi connectivity index (χ3v) is 4.87. The number of benzene rings is 2. The fourth-order valence-corrected chi connectivity index (χ4v) is 3.31. The van der Waals surface area contributed by atoms with Crippen LogP contribution in [0.25, 0.3) is 17.1 Å². The topological polar surface area (TPSA) is 17.8 Å². The summed E-state index contributed by atoms with van der Waals surface area (Å²) < 4.78 is 2.13. The van der Waals surface area contributed by atoms with Crippen LogP contribution in [0.2, 0.25) is 0 Å². The molecule has 1 unspecified atom stereocenters. The Bertz CT molecular complexity index is 762. The number of hydrogen-bond donors (Lipinski definition) is 0. The summed E-state index contributed by atoms with van der Waals surface area (Å²) >= 11 is 0. The number of aromatic nitrogens is 2. The molecule has 1 atom stereocenters. The third-order valence-electron chi connectivity index (χ3n) is 4.87. The van der Waals surface area contributed by atoms with Crippen molar-refractivity contribution in [2.45, 2.75) is 46.0 Å². The number of imidazole rings is 1. The summed E-state index contributed by atoms with van der Waals surface area (Å²) in [4.78, 5) is 4.51. The summed E-state index contributed by atoms with van der Waals surface area (Å²) in [5.41, 5.74) is 3.59. The molecule has 2 aromatic carbocycles. The molecular formula is C23H27IrN2-. The zero-order chi connectivity index (χ0) is 17.5. The number of nitrogens with zero attached hydrogens (tertiary/aromatic N) is 2. The average Bonchev–Trinajstić information content (AvgIpc) is 3.16. The zero-order valence-corrected chi connectivity index (χ0v) is 18.0. The SMILES string of the molecule is CCCCC(CC)Cc1ccc(-n2ccnc2-c2[c-]cccc2)cc1.[Ir]. The van der Waals surface area contributed by atoms with Crippen LogP contribution in [-0.2, 0) is 26.5 Å². The molecule has 139 valence electrons. The second-order valence-electron chi connectivity index (χ2n) is 6.68. The van der Waals surface area contributed by atoms with Crippen molar-refractivity contribution in [2.24, 2.45) is 5.92 Å². The monoisotopic (exact) mass is 524 g/mol. The van der Waals surface area contributed by atoms with E-state index in [1.165, 1.54) is 37.7 Å². The van der Waals surface area contributed by atoms with Crippen molar-refractivity contribution in [1.82, 2.24) is 9.55 Å². The Morgan fingerprint density at radius 2 is 1.88 bits per heavy atom. The molecule has 0 N–H and O–H groups in total. The van der Waals surface area contributed by atoms with Crippen molar-refractivity contribution in [3.8, 4) is 17.1 Å². The first-order valence-corrected chi connectivity index (χ1v) is 9.41. The zero-order valence-electron chi connectivity index (χ0n) is 15.6. The molecule has 3 aromatic rings. The van der Waals surface area contributed by atoms with E-state index in [4.69, 9.17) is 0 Å². The van der Waals surface area contributed by atoms with Gasteiger partial charge in [-0.15, -0.1) is 35.9 Å². The van der Waals surface area contributed by atoms with Gasteiger partial charge in [-0.2, -0.15) is 0 Å². The second-order valence-corrected chi connectivity index (χ2v) is 6.68. The van der Waals surface area contributed by atoms with Gasteiger partial charge in [0.1, 0.15) is 0 Å². The molecule has 2 nitrogen and oxygen atoms in total. The summed E-state index contributed by atoms with van der Waals surface area (Å²) in [6, 6.07) is 20.2. The maximum atomic E-state index is 4.51. The molecule has 1 radical (unpaired) electrons. The van der Waals surface area contributed by atoms with Crippen LogP contribution in [0.1, 0.15) is 45.1 Å². The van der Waals surface area contributed by atoms with Gasteiger partial charge in [0.25, 0.3) is 0 Å². The molecule has 0 fully saturated rings. The van der Waals surface area contributed by atoms with Gasteiger partial charge in [-0.05, 0) is 30.0 Å². The Kier molecular flexibility index (Phi) is 8.28. The predicted octanol–water partition coefficient (Wildman–Crippen LogP) is 6.10. The quantitative estimate of drug-likeness (QED) is 0.327. The van der Waals surface area contributed by atoms with Crippen molar-refractivity contribution in [1.29, 1.82) is 0 Å². The van der Waals surface area contributed by atoms with Gasteiger partial charge in [0.05, 0.1) is 5.82 Å². The molecule has 3 rings (SSSR count). The molecule has 0 aliphatic heterocycles. The number of hydrogen-bond acceptors (Lipinski definition) is 1. The first-order chi connectivity index (χ1) is 12.3. The summed E-state index contributed by atoms with van der Waals surface area (Å²) in [6.45, 7) is 4.58. The normalized spacial score (nSPS) is 11.8. The van der Waals surface area contributed by atoms with Gasteiger partial charge in [0.2, 0.25) is 0 Å². The first-order valence-electron chi connectivity index (χ1n) is 9.41. The Morgan fingerprint density at radius 1 is 1.08 bits per heavy atom. The Hall–Kier alpha value is -1.70.